The van der Waals surface area contributed by atoms with Crippen molar-refractivity contribution in [2.45, 2.75) is 25.7 Å². The van der Waals surface area contributed by atoms with E-state index in [1.807, 2.05) is 4.90 Å². The molecule has 0 aliphatic heterocycles. The number of carbonyl (C=O) groups is 2. The number of carboxylic acids is 1. The lowest BCUT2D eigenvalue weighted by molar-refractivity contribution is -0.134. The van der Waals surface area contributed by atoms with Crippen LogP contribution in [0.2, 0.25) is 0 Å². The minimum Gasteiger partial charge on any atom is -0.481 e. The van der Waals surface area contributed by atoms with Crippen molar-refractivity contribution >= 4 is 33.5 Å². The topological polar surface area (TPSA) is 122 Å². The summed E-state index contributed by atoms with van der Waals surface area (Å²) in [4.78, 5) is 24.4. The Bertz CT molecular complexity index is 322. The quantitative estimate of drug-likeness (QED) is 0.228. The Morgan fingerprint density at radius 2 is 1.52 bits per heavy atom. The maximum Gasteiger partial charge on any atom is 0.314 e. The highest BCUT2D eigenvalue weighted by molar-refractivity contribution is 8.77. The van der Waals surface area contributed by atoms with Crippen LogP contribution in [0, 0.1) is 0 Å². The van der Waals surface area contributed by atoms with Crippen molar-refractivity contribution in [2.24, 2.45) is 11.5 Å². The Kier molecular flexibility index (Phi) is 16.0. The van der Waals surface area contributed by atoms with Crippen LogP contribution in [-0.2, 0) is 9.59 Å². The molecule has 0 fully saturated rings. The summed E-state index contributed by atoms with van der Waals surface area (Å²) in [6.45, 7) is 4.52. The fraction of sp³-hybridized carbons (Fsp3) is 0.857. The molecule has 0 radical (unpaired) electrons. The van der Waals surface area contributed by atoms with E-state index in [1.54, 1.807) is 0 Å². The molecule has 0 saturated carbocycles. The molecular weight excluding hydrogens is 336 g/mol. The number of carboxylic acid groups (broad SMARTS) is 1. The molecule has 9 heteroatoms. The number of rotatable bonds is 16. The molecule has 23 heavy (non-hydrogen) atoms. The van der Waals surface area contributed by atoms with Crippen molar-refractivity contribution in [1.29, 1.82) is 0 Å². The van der Waals surface area contributed by atoms with E-state index < -0.39 is 5.97 Å². The summed E-state index contributed by atoms with van der Waals surface area (Å²) in [6.07, 6.45) is 3.72. The molecular formula is C14H30N4O3S2. The number of amides is 1. The fourth-order valence-electron chi connectivity index (χ4n) is 1.82. The first kappa shape index (κ1) is 22.5. The van der Waals surface area contributed by atoms with Gasteiger partial charge in [-0.05, 0) is 51.9 Å². The molecule has 0 unspecified atom stereocenters. The van der Waals surface area contributed by atoms with Gasteiger partial charge < -0.3 is 26.8 Å². The predicted octanol–water partition coefficient (Wildman–Crippen LogP) is 0.348. The average Bonchev–Trinajstić information content (AvgIpc) is 2.53. The van der Waals surface area contributed by atoms with Crippen molar-refractivity contribution in [1.82, 2.24) is 10.2 Å². The summed E-state index contributed by atoms with van der Waals surface area (Å²) in [5.74, 6) is -0.499. The van der Waals surface area contributed by atoms with Gasteiger partial charge in [-0.15, -0.1) is 0 Å². The van der Waals surface area contributed by atoms with Crippen LogP contribution >= 0.6 is 21.6 Å². The lowest BCUT2D eigenvalue weighted by Crippen LogP contribution is -2.35. The molecule has 0 aromatic carbocycles. The number of nitrogens with two attached hydrogens (primary N) is 2. The second-order valence-electron chi connectivity index (χ2n) is 5.04. The summed E-state index contributed by atoms with van der Waals surface area (Å²) >= 11 is 0. The van der Waals surface area contributed by atoms with Crippen LogP contribution < -0.4 is 16.8 Å². The number of nitrogens with zero attached hydrogens (tertiary/aromatic N) is 1. The predicted molar refractivity (Wildman–Crippen MR) is 98.6 cm³/mol. The van der Waals surface area contributed by atoms with Gasteiger partial charge in [0.1, 0.15) is 5.75 Å². The van der Waals surface area contributed by atoms with Crippen molar-refractivity contribution in [3.63, 3.8) is 0 Å². The van der Waals surface area contributed by atoms with Gasteiger partial charge in [-0.2, -0.15) is 0 Å². The Balaban J connectivity index is 3.89. The summed E-state index contributed by atoms with van der Waals surface area (Å²) in [5.41, 5.74) is 10.9. The van der Waals surface area contributed by atoms with Gasteiger partial charge in [0.2, 0.25) is 5.91 Å². The maximum atomic E-state index is 12.2. The van der Waals surface area contributed by atoms with Crippen LogP contribution in [0.25, 0.3) is 0 Å². The van der Waals surface area contributed by atoms with E-state index in [0.717, 1.165) is 45.3 Å². The normalized spacial score (nSPS) is 10.7. The van der Waals surface area contributed by atoms with Crippen molar-refractivity contribution < 1.29 is 14.7 Å². The Labute approximate surface area is 146 Å². The van der Waals surface area contributed by atoms with Gasteiger partial charge in [-0.25, -0.2) is 0 Å². The average molecular weight is 367 g/mol. The number of carbonyl (C=O) groups excluding carboxylic acids is 1. The number of unbranched alkanes of at least 4 members (excludes halogenated alkanes) is 1. The van der Waals surface area contributed by atoms with Crippen LogP contribution in [0.1, 0.15) is 25.7 Å². The van der Waals surface area contributed by atoms with Crippen LogP contribution in [0.15, 0.2) is 0 Å². The highest BCUT2D eigenvalue weighted by Crippen LogP contribution is 2.21. The Morgan fingerprint density at radius 1 is 0.913 bits per heavy atom. The Hall–Kier alpha value is -0.480. The van der Waals surface area contributed by atoms with E-state index in [-0.39, 0.29) is 11.7 Å². The first-order valence-electron chi connectivity index (χ1n) is 7.96. The molecule has 0 spiro atoms. The summed E-state index contributed by atoms with van der Waals surface area (Å²) in [6, 6.07) is 0. The van der Waals surface area contributed by atoms with Gasteiger partial charge >= 0.3 is 5.97 Å². The number of hydrogen-bond donors (Lipinski definition) is 4. The summed E-state index contributed by atoms with van der Waals surface area (Å²) < 4.78 is 0. The van der Waals surface area contributed by atoms with Gasteiger partial charge in [-0.3, -0.25) is 9.59 Å². The molecule has 0 aliphatic rings. The van der Waals surface area contributed by atoms with Gasteiger partial charge in [0, 0.05) is 13.1 Å². The number of aliphatic carboxylic acids is 1. The fourth-order valence-corrected chi connectivity index (χ4v) is 3.48. The molecule has 0 heterocycles. The van der Waals surface area contributed by atoms with Crippen molar-refractivity contribution in [3.05, 3.63) is 0 Å². The van der Waals surface area contributed by atoms with E-state index in [0.29, 0.717) is 25.4 Å². The van der Waals surface area contributed by atoms with Crippen LogP contribution in [-0.4, -0.2) is 72.7 Å². The van der Waals surface area contributed by atoms with Gasteiger partial charge in [-0.1, -0.05) is 21.6 Å². The maximum absolute atomic E-state index is 12.2. The third-order valence-corrected chi connectivity index (χ3v) is 5.13. The molecule has 0 aromatic rings. The molecule has 0 bridgehead atoms. The monoisotopic (exact) mass is 366 g/mol. The molecule has 7 nitrogen and oxygen atoms in total. The molecule has 0 aromatic heterocycles. The molecule has 0 rings (SSSR count). The molecule has 1 amide bonds. The highest BCUT2D eigenvalue weighted by atomic mass is 33.1. The summed E-state index contributed by atoms with van der Waals surface area (Å²) in [5, 5.41) is 11.9. The first-order valence-corrected chi connectivity index (χ1v) is 10.5. The van der Waals surface area contributed by atoms with Gasteiger partial charge in [0.15, 0.2) is 0 Å². The van der Waals surface area contributed by atoms with Gasteiger partial charge in [0.25, 0.3) is 0 Å². The largest absolute Gasteiger partial charge is 0.481 e. The molecule has 0 atom stereocenters. The van der Waals surface area contributed by atoms with Crippen LogP contribution in [0.3, 0.4) is 0 Å². The zero-order valence-corrected chi connectivity index (χ0v) is 15.3. The van der Waals surface area contributed by atoms with E-state index in [2.05, 4.69) is 5.32 Å². The Morgan fingerprint density at radius 3 is 2.17 bits per heavy atom. The second kappa shape index (κ2) is 16.4. The third kappa shape index (κ3) is 14.8. The molecule has 0 saturated heterocycles. The third-order valence-electron chi connectivity index (χ3n) is 3.02. The molecule has 136 valence electrons. The first-order chi connectivity index (χ1) is 11.1. The van der Waals surface area contributed by atoms with Crippen LogP contribution in [0.4, 0.5) is 0 Å². The zero-order valence-electron chi connectivity index (χ0n) is 13.7. The SMILES string of the molecule is NCCCNCCCCN(CCCN)C(=O)CSSCC(=O)O. The number of hydrogen-bond acceptors (Lipinski definition) is 7. The van der Waals surface area contributed by atoms with Crippen molar-refractivity contribution in [3.8, 4) is 0 Å². The minimum atomic E-state index is -0.864. The lowest BCUT2D eigenvalue weighted by atomic mass is 10.2. The minimum absolute atomic E-state index is 0.00914. The zero-order chi connectivity index (χ0) is 17.3. The molecule has 0 aliphatic carbocycles. The second-order valence-corrected chi connectivity index (χ2v) is 7.50. The molecule has 6 N–H and O–H groups in total. The van der Waals surface area contributed by atoms with E-state index >= 15 is 0 Å². The number of nitrogens with one attached hydrogen (secondary N) is 1. The van der Waals surface area contributed by atoms with E-state index in [1.165, 1.54) is 21.6 Å². The lowest BCUT2D eigenvalue weighted by Gasteiger charge is -2.22. The highest BCUT2D eigenvalue weighted by Gasteiger charge is 2.13. The summed E-state index contributed by atoms with van der Waals surface area (Å²) in [7, 11) is 2.49. The standard InChI is InChI=1S/C14H30N4O3S2/c15-5-3-8-17-7-1-2-9-18(10-4-6-16)13(19)11-22-23-12-14(20)21/h17H,1-12,15-16H2,(H,20,21). The van der Waals surface area contributed by atoms with Crippen molar-refractivity contribution in [2.75, 3.05) is 50.8 Å². The van der Waals surface area contributed by atoms with Gasteiger partial charge in [0.05, 0.1) is 5.75 Å². The van der Waals surface area contributed by atoms with Crippen LogP contribution in [0.5, 0.6) is 0 Å². The van der Waals surface area contributed by atoms with E-state index in [4.69, 9.17) is 16.6 Å². The van der Waals surface area contributed by atoms with E-state index in [9.17, 15) is 9.59 Å². The smallest absolute Gasteiger partial charge is 0.314 e.